The number of amides is 1. The zero-order valence-corrected chi connectivity index (χ0v) is 13.6. The van der Waals surface area contributed by atoms with Gasteiger partial charge in [0.05, 0.1) is 6.04 Å². The number of nitrogens with one attached hydrogen (secondary N) is 1. The van der Waals surface area contributed by atoms with E-state index in [1.807, 2.05) is 18.2 Å². The van der Waals surface area contributed by atoms with E-state index in [2.05, 4.69) is 10.2 Å². The van der Waals surface area contributed by atoms with Gasteiger partial charge in [-0.2, -0.15) is 0 Å². The van der Waals surface area contributed by atoms with Gasteiger partial charge in [-0.3, -0.25) is 9.69 Å². The Kier molecular flexibility index (Phi) is 2.86. The maximum absolute atomic E-state index is 12.8. The maximum Gasteiger partial charge on any atom is 0.251 e. The molecule has 4 nitrogen and oxygen atoms in total. The van der Waals surface area contributed by atoms with Crippen LogP contribution >= 0.6 is 11.6 Å². The van der Waals surface area contributed by atoms with Crippen molar-refractivity contribution in [3.63, 3.8) is 0 Å². The van der Waals surface area contributed by atoms with Gasteiger partial charge in [-0.25, -0.2) is 0 Å². The van der Waals surface area contributed by atoms with Crippen molar-refractivity contribution in [1.29, 1.82) is 0 Å². The second-order valence-corrected chi connectivity index (χ2v) is 7.55. The third-order valence-corrected chi connectivity index (χ3v) is 6.20. The number of rotatable bonds is 2. The minimum atomic E-state index is 0.0225. The third kappa shape index (κ3) is 2.05. The zero-order valence-electron chi connectivity index (χ0n) is 12.8. The lowest BCUT2D eigenvalue weighted by Gasteiger charge is -2.52. The standard InChI is InChI=1S/C18H19ClN2O2/c19-15-10-13-9-12(1-2-14(13)23-15)17(22)20-16-11-3-7-21(8-4-11)18(16)5-6-18/h1-2,9-11,16H,3-8H2,(H,20,22). The monoisotopic (exact) mass is 330 g/mol. The van der Waals surface area contributed by atoms with Gasteiger partial charge in [0, 0.05) is 22.6 Å². The first-order valence-corrected chi connectivity index (χ1v) is 8.79. The van der Waals surface area contributed by atoms with Gasteiger partial charge < -0.3 is 9.73 Å². The molecule has 1 aromatic carbocycles. The minimum absolute atomic E-state index is 0.0225. The Labute approximate surface area is 139 Å². The van der Waals surface area contributed by atoms with Crippen LogP contribution in [0.5, 0.6) is 0 Å². The summed E-state index contributed by atoms with van der Waals surface area (Å²) in [6.45, 7) is 2.41. The molecule has 2 bridgehead atoms. The summed E-state index contributed by atoms with van der Waals surface area (Å²) in [7, 11) is 0. The molecule has 120 valence electrons. The van der Waals surface area contributed by atoms with E-state index in [0.29, 0.717) is 28.3 Å². The number of halogens is 1. The van der Waals surface area contributed by atoms with Crippen molar-refractivity contribution in [1.82, 2.24) is 10.2 Å². The molecule has 5 heteroatoms. The topological polar surface area (TPSA) is 45.5 Å². The number of hydrogen-bond acceptors (Lipinski definition) is 3. The highest BCUT2D eigenvalue weighted by Crippen LogP contribution is 2.53. The number of carbonyl (C=O) groups excluding carboxylic acids is 1. The van der Waals surface area contributed by atoms with Crippen LogP contribution in [0, 0.1) is 5.92 Å². The van der Waals surface area contributed by atoms with E-state index in [9.17, 15) is 4.79 Å². The summed E-state index contributed by atoms with van der Waals surface area (Å²) in [4.78, 5) is 15.4. The predicted molar refractivity (Wildman–Crippen MR) is 88.7 cm³/mol. The van der Waals surface area contributed by atoms with E-state index in [1.54, 1.807) is 6.07 Å². The molecule has 1 N–H and O–H groups in total. The Balaban J connectivity index is 1.42. The van der Waals surface area contributed by atoms with Gasteiger partial charge >= 0.3 is 0 Å². The fourth-order valence-corrected chi connectivity index (χ4v) is 4.90. The fourth-order valence-electron chi connectivity index (χ4n) is 4.70. The number of nitrogens with zero attached hydrogens (tertiary/aromatic N) is 1. The number of furan rings is 1. The lowest BCUT2D eigenvalue weighted by atomic mass is 9.77. The molecule has 3 aliphatic heterocycles. The first-order chi connectivity index (χ1) is 11.2. The molecule has 4 aliphatic rings. The van der Waals surface area contributed by atoms with E-state index >= 15 is 0 Å². The lowest BCUT2D eigenvalue weighted by molar-refractivity contribution is -0.00144. The Morgan fingerprint density at radius 2 is 2.04 bits per heavy atom. The smallest absolute Gasteiger partial charge is 0.251 e. The van der Waals surface area contributed by atoms with Gasteiger partial charge in [-0.1, -0.05) is 0 Å². The molecule has 23 heavy (non-hydrogen) atoms. The zero-order chi connectivity index (χ0) is 15.6. The Morgan fingerprint density at radius 3 is 2.78 bits per heavy atom. The van der Waals surface area contributed by atoms with Gasteiger partial charge in [-0.05, 0) is 74.5 Å². The van der Waals surface area contributed by atoms with Crippen molar-refractivity contribution in [2.75, 3.05) is 13.1 Å². The van der Waals surface area contributed by atoms with Gasteiger partial charge in [0.1, 0.15) is 5.58 Å². The highest BCUT2D eigenvalue weighted by molar-refractivity contribution is 6.29. The second kappa shape index (κ2) is 4.74. The minimum Gasteiger partial charge on any atom is -0.445 e. The van der Waals surface area contributed by atoms with Crippen molar-refractivity contribution in [2.24, 2.45) is 5.92 Å². The summed E-state index contributed by atoms with van der Waals surface area (Å²) in [5, 5.41) is 4.57. The van der Waals surface area contributed by atoms with Gasteiger partial charge in [-0.15, -0.1) is 0 Å². The molecular formula is C18H19ClN2O2. The molecular weight excluding hydrogens is 312 g/mol. The Morgan fingerprint density at radius 1 is 1.26 bits per heavy atom. The van der Waals surface area contributed by atoms with Crippen LogP contribution in [0.3, 0.4) is 0 Å². The van der Waals surface area contributed by atoms with Gasteiger partial charge in [0.15, 0.2) is 5.22 Å². The van der Waals surface area contributed by atoms with Crippen molar-refractivity contribution >= 4 is 28.5 Å². The number of carbonyl (C=O) groups is 1. The normalized spacial score (nSPS) is 30.7. The van der Waals surface area contributed by atoms with Crippen molar-refractivity contribution < 1.29 is 9.21 Å². The fraction of sp³-hybridized carbons (Fsp3) is 0.500. The van der Waals surface area contributed by atoms with E-state index < -0.39 is 0 Å². The number of benzene rings is 1. The number of fused-ring (bicyclic) bond motifs is 3. The molecule has 3 saturated heterocycles. The Hall–Kier alpha value is -1.52. The quantitative estimate of drug-likeness (QED) is 0.917. The molecule has 1 aliphatic carbocycles. The van der Waals surface area contributed by atoms with Gasteiger partial charge in [0.25, 0.3) is 5.91 Å². The number of piperidine rings is 3. The molecule has 4 heterocycles. The molecule has 6 rings (SSSR count). The second-order valence-electron chi connectivity index (χ2n) is 7.18. The van der Waals surface area contributed by atoms with Crippen LogP contribution in [0.1, 0.15) is 36.0 Å². The predicted octanol–water partition coefficient (Wildman–Crippen LogP) is 3.44. The van der Waals surface area contributed by atoms with E-state index in [1.165, 1.54) is 38.8 Å². The maximum atomic E-state index is 12.8. The molecule has 1 unspecified atom stereocenters. The molecule has 1 amide bonds. The van der Waals surface area contributed by atoms with E-state index in [0.717, 1.165) is 5.39 Å². The molecule has 1 aromatic heterocycles. The molecule has 1 atom stereocenters. The first kappa shape index (κ1) is 13.9. The average molecular weight is 331 g/mol. The third-order valence-electron chi connectivity index (χ3n) is 6.02. The Bertz CT molecular complexity index is 787. The molecule has 1 saturated carbocycles. The van der Waals surface area contributed by atoms with Crippen LogP contribution in [0.15, 0.2) is 28.7 Å². The summed E-state index contributed by atoms with van der Waals surface area (Å²) in [5.41, 5.74) is 1.66. The van der Waals surface area contributed by atoms with Crippen LogP contribution in [-0.4, -0.2) is 35.5 Å². The van der Waals surface area contributed by atoms with Crippen molar-refractivity contribution in [3.8, 4) is 0 Å². The molecule has 4 fully saturated rings. The van der Waals surface area contributed by atoms with Crippen LogP contribution in [0.25, 0.3) is 11.0 Å². The highest BCUT2D eigenvalue weighted by Gasteiger charge is 2.60. The molecule has 0 radical (unpaired) electrons. The SMILES string of the molecule is O=C(NC1C2CCN(CC2)C12CC2)c1ccc2oc(Cl)cc2c1. The number of hydrogen-bond donors (Lipinski definition) is 1. The van der Waals surface area contributed by atoms with E-state index in [-0.39, 0.29) is 11.4 Å². The summed E-state index contributed by atoms with van der Waals surface area (Å²) < 4.78 is 5.36. The van der Waals surface area contributed by atoms with Crippen LogP contribution < -0.4 is 5.32 Å². The summed E-state index contributed by atoms with van der Waals surface area (Å²) >= 11 is 5.89. The van der Waals surface area contributed by atoms with E-state index in [4.69, 9.17) is 16.0 Å². The van der Waals surface area contributed by atoms with Crippen molar-refractivity contribution in [3.05, 3.63) is 35.0 Å². The summed E-state index contributed by atoms with van der Waals surface area (Å²) in [5.74, 6) is 0.660. The van der Waals surface area contributed by atoms with Crippen molar-refractivity contribution in [2.45, 2.75) is 37.3 Å². The average Bonchev–Trinajstić information content (AvgIpc) is 3.24. The summed E-state index contributed by atoms with van der Waals surface area (Å²) in [6, 6.07) is 7.56. The van der Waals surface area contributed by atoms with Crippen LogP contribution in [0.4, 0.5) is 0 Å². The molecule has 1 spiro atoms. The summed E-state index contributed by atoms with van der Waals surface area (Å²) in [6.07, 6.45) is 4.88. The first-order valence-electron chi connectivity index (χ1n) is 8.41. The largest absolute Gasteiger partial charge is 0.445 e. The lowest BCUT2D eigenvalue weighted by Crippen LogP contribution is -2.65. The van der Waals surface area contributed by atoms with Crippen LogP contribution in [-0.2, 0) is 0 Å². The van der Waals surface area contributed by atoms with Crippen LogP contribution in [0.2, 0.25) is 5.22 Å². The van der Waals surface area contributed by atoms with Gasteiger partial charge in [0.2, 0.25) is 0 Å². The molecule has 2 aromatic rings. The highest BCUT2D eigenvalue weighted by atomic mass is 35.5.